The zero-order valence-corrected chi connectivity index (χ0v) is 14.9. The number of aryl methyl sites for hydroxylation is 1. The minimum absolute atomic E-state index is 0.103. The molecule has 26 heavy (non-hydrogen) atoms. The lowest BCUT2D eigenvalue weighted by molar-refractivity contribution is -0.120. The third-order valence-corrected chi connectivity index (χ3v) is 4.09. The number of amides is 1. The minimum atomic E-state index is -0.148. The topological polar surface area (TPSA) is 73.2 Å². The number of aromatic nitrogens is 2. The van der Waals surface area contributed by atoms with Gasteiger partial charge in [-0.3, -0.25) is 9.59 Å². The van der Waals surface area contributed by atoms with Crippen LogP contribution in [0.2, 0.25) is 0 Å². The monoisotopic (exact) mass is 351 g/mol. The molecule has 0 unspecified atom stereocenters. The Morgan fingerprint density at radius 2 is 1.81 bits per heavy atom. The molecule has 6 nitrogen and oxygen atoms in total. The molecule has 0 aliphatic carbocycles. The molecule has 1 N–H and O–H groups in total. The van der Waals surface area contributed by atoms with E-state index in [1.807, 2.05) is 49.4 Å². The first-order valence-corrected chi connectivity index (χ1v) is 8.52. The van der Waals surface area contributed by atoms with E-state index < -0.39 is 0 Å². The Bertz CT molecular complexity index is 978. The molecular formula is C20H21N3O3. The standard InChI is InChI=1S/C20H21N3O3/c1-3-26-15-10-8-14(9-11-15)12-19(24)21-13-18-16-6-4-5-7-17(16)20(25)23(2)22-18/h4-11H,3,12-13H2,1-2H3,(H,21,24). The Labute approximate surface area is 151 Å². The largest absolute Gasteiger partial charge is 0.494 e. The Morgan fingerprint density at radius 3 is 2.50 bits per heavy atom. The minimum Gasteiger partial charge on any atom is -0.494 e. The molecule has 0 aliphatic rings. The van der Waals surface area contributed by atoms with E-state index in [1.165, 1.54) is 4.68 Å². The van der Waals surface area contributed by atoms with Crippen LogP contribution < -0.4 is 15.6 Å². The van der Waals surface area contributed by atoms with Crippen molar-refractivity contribution in [1.82, 2.24) is 15.1 Å². The molecule has 3 aromatic rings. The maximum atomic E-state index is 12.2. The van der Waals surface area contributed by atoms with Crippen LogP contribution in [0.1, 0.15) is 18.2 Å². The van der Waals surface area contributed by atoms with Crippen LogP contribution in [0.4, 0.5) is 0 Å². The van der Waals surface area contributed by atoms with Crippen molar-refractivity contribution in [3.8, 4) is 5.75 Å². The summed E-state index contributed by atoms with van der Waals surface area (Å²) in [7, 11) is 1.61. The Hall–Kier alpha value is -3.15. The van der Waals surface area contributed by atoms with Crippen molar-refractivity contribution in [3.63, 3.8) is 0 Å². The number of fused-ring (bicyclic) bond motifs is 1. The number of ether oxygens (including phenoxy) is 1. The van der Waals surface area contributed by atoms with E-state index in [0.29, 0.717) is 17.7 Å². The Morgan fingerprint density at radius 1 is 1.12 bits per heavy atom. The smallest absolute Gasteiger partial charge is 0.274 e. The summed E-state index contributed by atoms with van der Waals surface area (Å²) in [4.78, 5) is 24.4. The number of carbonyl (C=O) groups excluding carboxylic acids is 1. The third-order valence-electron chi connectivity index (χ3n) is 4.09. The Kier molecular flexibility index (Phi) is 5.31. The van der Waals surface area contributed by atoms with Gasteiger partial charge < -0.3 is 10.1 Å². The summed E-state index contributed by atoms with van der Waals surface area (Å²) in [6.45, 7) is 2.81. The maximum absolute atomic E-state index is 12.2. The van der Waals surface area contributed by atoms with Crippen LogP contribution in [0, 0.1) is 0 Å². The fourth-order valence-electron chi connectivity index (χ4n) is 2.81. The summed E-state index contributed by atoms with van der Waals surface area (Å²) in [5.74, 6) is 0.687. The van der Waals surface area contributed by atoms with Crippen LogP contribution in [0.15, 0.2) is 53.3 Å². The molecule has 0 fully saturated rings. The van der Waals surface area contributed by atoms with Crippen molar-refractivity contribution in [2.45, 2.75) is 19.9 Å². The van der Waals surface area contributed by atoms with Gasteiger partial charge >= 0.3 is 0 Å². The summed E-state index contributed by atoms with van der Waals surface area (Å²) >= 11 is 0. The van der Waals surface area contributed by atoms with Crippen LogP contribution in [0.5, 0.6) is 5.75 Å². The van der Waals surface area contributed by atoms with Gasteiger partial charge in [-0.05, 0) is 30.7 Å². The van der Waals surface area contributed by atoms with Crippen molar-refractivity contribution < 1.29 is 9.53 Å². The number of hydrogen-bond donors (Lipinski definition) is 1. The molecule has 134 valence electrons. The van der Waals surface area contributed by atoms with Gasteiger partial charge in [0, 0.05) is 12.4 Å². The van der Waals surface area contributed by atoms with E-state index in [-0.39, 0.29) is 24.4 Å². The van der Waals surface area contributed by atoms with Gasteiger partial charge in [-0.25, -0.2) is 4.68 Å². The number of benzene rings is 2. The van der Waals surface area contributed by atoms with Gasteiger partial charge in [0.25, 0.3) is 5.56 Å². The number of carbonyl (C=O) groups is 1. The van der Waals surface area contributed by atoms with Crippen molar-refractivity contribution in [3.05, 3.63) is 70.1 Å². The zero-order valence-electron chi connectivity index (χ0n) is 14.9. The van der Waals surface area contributed by atoms with Crippen LogP contribution in [-0.4, -0.2) is 22.3 Å². The summed E-state index contributed by atoms with van der Waals surface area (Å²) in [5.41, 5.74) is 1.43. The van der Waals surface area contributed by atoms with Crippen molar-refractivity contribution in [2.24, 2.45) is 7.05 Å². The first-order chi connectivity index (χ1) is 12.6. The van der Waals surface area contributed by atoms with Gasteiger partial charge in [0.15, 0.2) is 0 Å². The first-order valence-electron chi connectivity index (χ1n) is 8.52. The lowest BCUT2D eigenvalue weighted by Gasteiger charge is -2.10. The van der Waals surface area contributed by atoms with Gasteiger partial charge in [-0.15, -0.1) is 0 Å². The number of rotatable bonds is 6. The second-order valence-corrected chi connectivity index (χ2v) is 5.95. The van der Waals surface area contributed by atoms with Crippen LogP contribution in [0.3, 0.4) is 0 Å². The maximum Gasteiger partial charge on any atom is 0.274 e. The molecule has 0 bridgehead atoms. The predicted octanol–water partition coefficient (Wildman–Crippen LogP) is 2.19. The number of hydrogen-bond acceptors (Lipinski definition) is 4. The molecule has 0 saturated carbocycles. The van der Waals surface area contributed by atoms with Crippen molar-refractivity contribution >= 4 is 16.7 Å². The zero-order chi connectivity index (χ0) is 18.5. The highest BCUT2D eigenvalue weighted by Gasteiger charge is 2.10. The van der Waals surface area contributed by atoms with Crippen LogP contribution in [0.25, 0.3) is 10.8 Å². The van der Waals surface area contributed by atoms with Crippen molar-refractivity contribution in [2.75, 3.05) is 6.61 Å². The summed E-state index contributed by atoms with van der Waals surface area (Å²) in [6.07, 6.45) is 0.274. The quantitative estimate of drug-likeness (QED) is 0.739. The predicted molar refractivity (Wildman–Crippen MR) is 100 cm³/mol. The number of nitrogens with zero attached hydrogens (tertiary/aromatic N) is 2. The fourth-order valence-corrected chi connectivity index (χ4v) is 2.81. The SMILES string of the molecule is CCOc1ccc(CC(=O)NCc2nn(C)c(=O)c3ccccc23)cc1. The highest BCUT2D eigenvalue weighted by molar-refractivity contribution is 5.84. The molecule has 0 aliphatic heterocycles. The lowest BCUT2D eigenvalue weighted by Crippen LogP contribution is -2.28. The van der Waals surface area contributed by atoms with Crippen molar-refractivity contribution in [1.29, 1.82) is 0 Å². The van der Waals surface area contributed by atoms with E-state index in [9.17, 15) is 9.59 Å². The molecule has 6 heteroatoms. The highest BCUT2D eigenvalue weighted by Crippen LogP contribution is 2.14. The second-order valence-electron chi connectivity index (χ2n) is 5.95. The van der Waals surface area contributed by atoms with Gasteiger partial charge in [0.05, 0.1) is 30.7 Å². The van der Waals surface area contributed by atoms with Crippen LogP contribution >= 0.6 is 0 Å². The summed E-state index contributed by atoms with van der Waals surface area (Å²) in [6, 6.07) is 14.8. The van der Waals surface area contributed by atoms with Gasteiger partial charge in [-0.1, -0.05) is 30.3 Å². The fraction of sp³-hybridized carbons (Fsp3) is 0.250. The second kappa shape index (κ2) is 7.82. The molecule has 0 radical (unpaired) electrons. The van der Waals surface area contributed by atoms with E-state index in [0.717, 1.165) is 16.7 Å². The third kappa shape index (κ3) is 3.91. The Balaban J connectivity index is 1.69. The summed E-state index contributed by atoms with van der Waals surface area (Å²) in [5, 5.41) is 8.52. The van der Waals surface area contributed by atoms with Gasteiger partial charge in [-0.2, -0.15) is 5.10 Å². The average molecular weight is 351 g/mol. The normalized spacial score (nSPS) is 10.7. The molecule has 0 saturated heterocycles. The first kappa shape index (κ1) is 17.7. The molecular weight excluding hydrogens is 330 g/mol. The van der Waals surface area contributed by atoms with E-state index in [1.54, 1.807) is 13.1 Å². The van der Waals surface area contributed by atoms with E-state index in [2.05, 4.69) is 10.4 Å². The molecule has 3 rings (SSSR count). The summed E-state index contributed by atoms with van der Waals surface area (Å²) < 4.78 is 6.70. The van der Waals surface area contributed by atoms with E-state index >= 15 is 0 Å². The lowest BCUT2D eigenvalue weighted by atomic mass is 10.1. The van der Waals surface area contributed by atoms with E-state index in [4.69, 9.17) is 4.74 Å². The van der Waals surface area contributed by atoms with Crippen LogP contribution in [-0.2, 0) is 24.8 Å². The average Bonchev–Trinajstić information content (AvgIpc) is 2.65. The molecule has 1 amide bonds. The molecule has 0 atom stereocenters. The molecule has 1 aromatic heterocycles. The molecule has 2 aromatic carbocycles. The molecule has 0 spiro atoms. The van der Waals surface area contributed by atoms with Gasteiger partial charge in [0.2, 0.25) is 5.91 Å². The number of nitrogens with one attached hydrogen (secondary N) is 1. The molecule has 1 heterocycles. The van der Waals surface area contributed by atoms with Gasteiger partial charge in [0.1, 0.15) is 5.75 Å². The highest BCUT2D eigenvalue weighted by atomic mass is 16.5.